The molecule has 0 radical (unpaired) electrons. The van der Waals surface area contributed by atoms with Gasteiger partial charge in [0.05, 0.1) is 5.02 Å². The van der Waals surface area contributed by atoms with Crippen LogP contribution >= 0.6 is 23.2 Å². The van der Waals surface area contributed by atoms with E-state index in [1.807, 2.05) is 6.92 Å². The van der Waals surface area contributed by atoms with E-state index >= 15 is 0 Å². The molecule has 0 aromatic heterocycles. The molecule has 19 heavy (non-hydrogen) atoms. The molecule has 0 aliphatic heterocycles. The van der Waals surface area contributed by atoms with E-state index in [1.165, 1.54) is 6.07 Å². The first kappa shape index (κ1) is 16.7. The summed E-state index contributed by atoms with van der Waals surface area (Å²) in [4.78, 5) is 0.0306. The molecule has 0 saturated heterocycles. The third-order valence-corrected chi connectivity index (χ3v) is 4.82. The minimum atomic E-state index is -3.62. The molecular weight excluding hydrogens is 307 g/mol. The molecule has 108 valence electrons. The minimum absolute atomic E-state index is 0.0306. The van der Waals surface area contributed by atoms with E-state index in [4.69, 9.17) is 23.2 Å². The van der Waals surface area contributed by atoms with Crippen LogP contribution in [0.4, 0.5) is 0 Å². The fourth-order valence-corrected chi connectivity index (χ4v) is 3.60. The van der Waals surface area contributed by atoms with Gasteiger partial charge in [-0.3, -0.25) is 0 Å². The number of halogens is 2. The van der Waals surface area contributed by atoms with Crippen molar-refractivity contribution in [3.8, 4) is 0 Å². The average Bonchev–Trinajstić information content (AvgIpc) is 2.33. The zero-order valence-corrected chi connectivity index (χ0v) is 13.3. The highest BCUT2D eigenvalue weighted by atomic mass is 35.5. The smallest absolute Gasteiger partial charge is 0.242 e. The van der Waals surface area contributed by atoms with E-state index in [1.54, 1.807) is 13.1 Å². The molecule has 0 saturated carbocycles. The van der Waals surface area contributed by atoms with Gasteiger partial charge in [-0.25, -0.2) is 13.1 Å². The van der Waals surface area contributed by atoms with Gasteiger partial charge in [0.2, 0.25) is 10.0 Å². The number of sulfonamides is 1. The van der Waals surface area contributed by atoms with Gasteiger partial charge in [-0.2, -0.15) is 0 Å². The molecule has 1 rings (SSSR count). The molecule has 0 unspecified atom stereocenters. The van der Waals surface area contributed by atoms with Gasteiger partial charge < -0.3 is 5.32 Å². The van der Waals surface area contributed by atoms with Crippen molar-refractivity contribution >= 4 is 33.2 Å². The molecule has 0 fully saturated rings. The van der Waals surface area contributed by atoms with E-state index in [0.717, 1.165) is 12.8 Å². The molecule has 0 bridgehead atoms. The van der Waals surface area contributed by atoms with Crippen LogP contribution in [0, 0.1) is 0 Å². The first-order chi connectivity index (χ1) is 8.92. The van der Waals surface area contributed by atoms with Crippen LogP contribution in [0.5, 0.6) is 0 Å². The maximum absolute atomic E-state index is 12.2. The van der Waals surface area contributed by atoms with Crippen LogP contribution in [0.25, 0.3) is 0 Å². The van der Waals surface area contributed by atoms with Crippen molar-refractivity contribution in [2.45, 2.75) is 31.2 Å². The van der Waals surface area contributed by atoms with Crippen LogP contribution < -0.4 is 10.0 Å². The van der Waals surface area contributed by atoms with Gasteiger partial charge in [0.1, 0.15) is 4.90 Å². The summed E-state index contributed by atoms with van der Waals surface area (Å²) in [5.41, 5.74) is 0.660. The minimum Gasteiger partial charge on any atom is -0.316 e. The van der Waals surface area contributed by atoms with E-state index in [-0.39, 0.29) is 9.92 Å². The number of benzene rings is 1. The van der Waals surface area contributed by atoms with Crippen LogP contribution in [-0.4, -0.2) is 22.0 Å². The number of unbranched alkanes of at least 4 members (excludes halogenated alkanes) is 1. The third-order valence-electron chi connectivity index (χ3n) is 2.56. The molecule has 0 aliphatic rings. The molecule has 1 aromatic rings. The fraction of sp³-hybridized carbons (Fsp3) is 0.500. The van der Waals surface area contributed by atoms with E-state index in [9.17, 15) is 8.42 Å². The predicted octanol–water partition coefficient (Wildman–Crippen LogP) is 2.79. The summed E-state index contributed by atoms with van der Waals surface area (Å²) in [6.07, 6.45) is 1.69. The average molecular weight is 325 g/mol. The Morgan fingerprint density at radius 1 is 1.26 bits per heavy atom. The SMILES string of the molecule is CCCCNS(=O)(=O)c1cc(Cl)cc(CNC)c1Cl. The van der Waals surface area contributed by atoms with Crippen LogP contribution in [0.1, 0.15) is 25.3 Å². The highest BCUT2D eigenvalue weighted by molar-refractivity contribution is 7.89. The van der Waals surface area contributed by atoms with Crippen molar-refractivity contribution < 1.29 is 8.42 Å². The van der Waals surface area contributed by atoms with E-state index in [2.05, 4.69) is 10.0 Å². The summed E-state index contributed by atoms with van der Waals surface area (Å²) in [5.74, 6) is 0. The molecule has 0 aliphatic carbocycles. The standard InChI is InChI=1S/C12H18Cl2N2O2S/c1-3-4-5-16-19(17,18)11-7-10(13)6-9(8-15-2)12(11)14/h6-7,15-16H,3-5,8H2,1-2H3. The molecule has 7 heteroatoms. The quantitative estimate of drug-likeness (QED) is 0.758. The predicted molar refractivity (Wildman–Crippen MR) is 79.3 cm³/mol. The Balaban J connectivity index is 3.11. The zero-order valence-electron chi connectivity index (χ0n) is 11.0. The monoisotopic (exact) mass is 324 g/mol. The molecule has 1 aromatic carbocycles. The maximum atomic E-state index is 12.2. The van der Waals surface area contributed by atoms with Crippen molar-refractivity contribution in [2.75, 3.05) is 13.6 Å². The number of hydrogen-bond acceptors (Lipinski definition) is 3. The Morgan fingerprint density at radius 3 is 2.53 bits per heavy atom. The van der Waals surface area contributed by atoms with Gasteiger partial charge in [0.25, 0.3) is 0 Å². The molecule has 0 heterocycles. The second-order valence-corrected chi connectivity index (χ2v) is 6.71. The van der Waals surface area contributed by atoms with E-state index < -0.39 is 10.0 Å². The first-order valence-corrected chi connectivity index (χ1v) is 8.28. The molecule has 0 amide bonds. The lowest BCUT2D eigenvalue weighted by Gasteiger charge is -2.12. The number of hydrogen-bond donors (Lipinski definition) is 2. The van der Waals surface area contributed by atoms with Crippen molar-refractivity contribution in [3.05, 3.63) is 27.7 Å². The molecule has 0 spiro atoms. The molecule has 4 nitrogen and oxygen atoms in total. The summed E-state index contributed by atoms with van der Waals surface area (Å²) in [5, 5.41) is 3.49. The highest BCUT2D eigenvalue weighted by Gasteiger charge is 2.20. The topological polar surface area (TPSA) is 58.2 Å². The summed E-state index contributed by atoms with van der Waals surface area (Å²) in [7, 11) is -1.87. The van der Waals surface area contributed by atoms with Gasteiger partial charge in [0.15, 0.2) is 0 Å². The number of nitrogens with one attached hydrogen (secondary N) is 2. The van der Waals surface area contributed by atoms with Crippen molar-refractivity contribution in [1.82, 2.24) is 10.0 Å². The summed E-state index contributed by atoms with van der Waals surface area (Å²) in [6.45, 7) is 2.84. The second kappa shape index (κ2) is 7.45. The Morgan fingerprint density at radius 2 is 1.95 bits per heavy atom. The summed E-state index contributed by atoms with van der Waals surface area (Å²) in [6, 6.07) is 3.03. The largest absolute Gasteiger partial charge is 0.316 e. The van der Waals surface area contributed by atoms with E-state index in [0.29, 0.717) is 23.7 Å². The fourth-order valence-electron chi connectivity index (χ4n) is 1.59. The first-order valence-electron chi connectivity index (χ1n) is 6.04. The summed E-state index contributed by atoms with van der Waals surface area (Å²) >= 11 is 12.1. The Kier molecular flexibility index (Phi) is 6.56. The highest BCUT2D eigenvalue weighted by Crippen LogP contribution is 2.29. The third kappa shape index (κ3) is 4.61. The van der Waals surface area contributed by atoms with Gasteiger partial charge in [-0.1, -0.05) is 36.5 Å². The lowest BCUT2D eigenvalue weighted by atomic mass is 10.2. The van der Waals surface area contributed by atoms with Crippen LogP contribution in [-0.2, 0) is 16.6 Å². The van der Waals surface area contributed by atoms with Gasteiger partial charge in [-0.15, -0.1) is 0 Å². The molecule has 0 atom stereocenters. The van der Waals surface area contributed by atoms with Crippen molar-refractivity contribution in [1.29, 1.82) is 0 Å². The summed E-state index contributed by atoms with van der Waals surface area (Å²) < 4.78 is 26.8. The van der Waals surface area contributed by atoms with Gasteiger partial charge in [0, 0.05) is 18.1 Å². The zero-order chi connectivity index (χ0) is 14.5. The Labute approximate surface area is 124 Å². The van der Waals surface area contributed by atoms with Crippen LogP contribution in [0.3, 0.4) is 0 Å². The molecule has 2 N–H and O–H groups in total. The second-order valence-electron chi connectivity index (χ2n) is 4.16. The lowest BCUT2D eigenvalue weighted by molar-refractivity contribution is 0.578. The number of rotatable bonds is 7. The van der Waals surface area contributed by atoms with Crippen LogP contribution in [0.15, 0.2) is 17.0 Å². The Hall–Kier alpha value is -0.330. The van der Waals surface area contributed by atoms with Gasteiger partial charge in [-0.05, 0) is 31.2 Å². The normalized spacial score (nSPS) is 11.8. The van der Waals surface area contributed by atoms with Crippen LogP contribution in [0.2, 0.25) is 10.0 Å². The van der Waals surface area contributed by atoms with Crippen molar-refractivity contribution in [3.63, 3.8) is 0 Å². The van der Waals surface area contributed by atoms with Gasteiger partial charge >= 0.3 is 0 Å². The van der Waals surface area contributed by atoms with Crippen molar-refractivity contribution in [2.24, 2.45) is 0 Å². The Bertz CT molecular complexity index is 533. The lowest BCUT2D eigenvalue weighted by Crippen LogP contribution is -2.25. The molecular formula is C12H18Cl2N2O2S. The maximum Gasteiger partial charge on any atom is 0.242 e.